The maximum Gasteiger partial charge on any atom is 0.0945 e. The van der Waals surface area contributed by atoms with Crippen LogP contribution >= 0.6 is 0 Å². The van der Waals surface area contributed by atoms with Crippen LogP contribution < -0.4 is 5.32 Å². The second-order valence-electron chi connectivity index (χ2n) is 5.39. The summed E-state index contributed by atoms with van der Waals surface area (Å²) in [5.41, 5.74) is 3.45. The fraction of sp³-hybridized carbons (Fsp3) is 0.647. The Kier molecular flexibility index (Phi) is 9.06. The molecule has 4 nitrogen and oxygen atoms in total. The van der Waals surface area contributed by atoms with Crippen LogP contribution in [0.3, 0.4) is 0 Å². The predicted octanol–water partition coefficient (Wildman–Crippen LogP) is 2.91. The maximum atomic E-state index is 9.88. The Bertz CT molecular complexity index is 396. The van der Waals surface area contributed by atoms with Gasteiger partial charge in [-0.15, -0.1) is 0 Å². The van der Waals surface area contributed by atoms with Gasteiger partial charge in [-0.25, -0.2) is 0 Å². The molecule has 0 fully saturated rings. The highest BCUT2D eigenvalue weighted by molar-refractivity contribution is 5.52. The zero-order valence-corrected chi connectivity index (χ0v) is 13.5. The van der Waals surface area contributed by atoms with E-state index in [1.54, 1.807) is 0 Å². The summed E-state index contributed by atoms with van der Waals surface area (Å²) in [6, 6.07) is 6.25. The zero-order chi connectivity index (χ0) is 15.5. The smallest absolute Gasteiger partial charge is 0.0945 e. The SMILES string of the molecule is CCCCOCCOCC(O)CNc1cc(C)ccc1C. The van der Waals surface area contributed by atoms with Crippen LogP contribution in [0, 0.1) is 13.8 Å². The molecule has 0 saturated heterocycles. The fourth-order valence-electron chi connectivity index (χ4n) is 1.90. The molecule has 0 saturated carbocycles. The van der Waals surface area contributed by atoms with Gasteiger partial charge in [-0.05, 0) is 37.5 Å². The summed E-state index contributed by atoms with van der Waals surface area (Å²) in [7, 11) is 0. The average Bonchev–Trinajstić information content (AvgIpc) is 2.47. The summed E-state index contributed by atoms with van der Waals surface area (Å²) in [4.78, 5) is 0. The number of aliphatic hydroxyl groups is 1. The van der Waals surface area contributed by atoms with Crippen molar-refractivity contribution in [2.24, 2.45) is 0 Å². The normalized spacial score (nSPS) is 12.4. The molecule has 0 aliphatic rings. The molecule has 120 valence electrons. The van der Waals surface area contributed by atoms with Gasteiger partial charge in [-0.3, -0.25) is 0 Å². The van der Waals surface area contributed by atoms with Crippen molar-refractivity contribution in [1.82, 2.24) is 0 Å². The van der Waals surface area contributed by atoms with Crippen LogP contribution in [0.5, 0.6) is 0 Å². The fourth-order valence-corrected chi connectivity index (χ4v) is 1.90. The summed E-state index contributed by atoms with van der Waals surface area (Å²) >= 11 is 0. The molecule has 0 spiro atoms. The second-order valence-corrected chi connectivity index (χ2v) is 5.39. The molecule has 2 N–H and O–H groups in total. The molecule has 0 aliphatic heterocycles. The first-order valence-corrected chi connectivity index (χ1v) is 7.78. The lowest BCUT2D eigenvalue weighted by atomic mass is 10.1. The first-order chi connectivity index (χ1) is 10.1. The highest BCUT2D eigenvalue weighted by Gasteiger charge is 2.05. The molecule has 1 aromatic rings. The first-order valence-electron chi connectivity index (χ1n) is 7.78. The number of ether oxygens (including phenoxy) is 2. The topological polar surface area (TPSA) is 50.7 Å². The molecule has 21 heavy (non-hydrogen) atoms. The van der Waals surface area contributed by atoms with Crippen molar-refractivity contribution in [2.45, 2.75) is 39.7 Å². The Balaban J connectivity index is 2.11. The molecular weight excluding hydrogens is 266 g/mol. The Hall–Kier alpha value is -1.10. The maximum absolute atomic E-state index is 9.88. The number of benzene rings is 1. The predicted molar refractivity (Wildman–Crippen MR) is 87.0 cm³/mol. The van der Waals surface area contributed by atoms with E-state index in [9.17, 15) is 5.11 Å². The summed E-state index contributed by atoms with van der Waals surface area (Å²) in [6.07, 6.45) is 1.71. The lowest BCUT2D eigenvalue weighted by Crippen LogP contribution is -2.26. The van der Waals surface area contributed by atoms with E-state index in [2.05, 4.69) is 44.3 Å². The standard InChI is InChI=1S/C17H29NO3/c1-4-5-8-20-9-10-21-13-16(19)12-18-17-11-14(2)6-7-15(17)3/h6-7,11,16,18-19H,4-5,8-10,12-13H2,1-3H3. The Morgan fingerprint density at radius 2 is 1.90 bits per heavy atom. The van der Waals surface area contributed by atoms with Gasteiger partial charge >= 0.3 is 0 Å². The molecular formula is C17H29NO3. The molecule has 1 atom stereocenters. The van der Waals surface area contributed by atoms with E-state index >= 15 is 0 Å². The van der Waals surface area contributed by atoms with E-state index in [-0.39, 0.29) is 0 Å². The molecule has 4 heteroatoms. The van der Waals surface area contributed by atoms with Crippen molar-refractivity contribution in [3.05, 3.63) is 29.3 Å². The highest BCUT2D eigenvalue weighted by Crippen LogP contribution is 2.16. The lowest BCUT2D eigenvalue weighted by molar-refractivity contribution is 0.00749. The van der Waals surface area contributed by atoms with E-state index in [1.807, 2.05) is 0 Å². The Morgan fingerprint density at radius 3 is 2.67 bits per heavy atom. The third kappa shape index (κ3) is 8.05. The van der Waals surface area contributed by atoms with Crippen LogP contribution in [0.2, 0.25) is 0 Å². The Labute approximate surface area is 128 Å². The van der Waals surface area contributed by atoms with Gasteiger partial charge in [0.25, 0.3) is 0 Å². The zero-order valence-electron chi connectivity index (χ0n) is 13.5. The average molecular weight is 295 g/mol. The van der Waals surface area contributed by atoms with Crippen LogP contribution in [0.25, 0.3) is 0 Å². The lowest BCUT2D eigenvalue weighted by Gasteiger charge is -2.15. The van der Waals surface area contributed by atoms with Gasteiger partial charge < -0.3 is 19.9 Å². The molecule has 1 rings (SSSR count). The van der Waals surface area contributed by atoms with E-state index in [0.29, 0.717) is 26.4 Å². The number of hydrogen-bond acceptors (Lipinski definition) is 4. The number of hydrogen-bond donors (Lipinski definition) is 2. The molecule has 0 amide bonds. The number of rotatable bonds is 11. The molecule has 0 heterocycles. The van der Waals surface area contributed by atoms with E-state index in [1.165, 1.54) is 11.1 Å². The van der Waals surface area contributed by atoms with Gasteiger partial charge in [0.1, 0.15) is 0 Å². The number of unbranched alkanes of at least 4 members (excludes halogenated alkanes) is 1. The van der Waals surface area contributed by atoms with E-state index in [4.69, 9.17) is 9.47 Å². The largest absolute Gasteiger partial charge is 0.389 e. The van der Waals surface area contributed by atoms with Crippen molar-refractivity contribution in [3.8, 4) is 0 Å². The van der Waals surface area contributed by atoms with E-state index < -0.39 is 6.10 Å². The van der Waals surface area contributed by atoms with Crippen molar-refractivity contribution in [1.29, 1.82) is 0 Å². The van der Waals surface area contributed by atoms with Crippen LogP contribution in [0.1, 0.15) is 30.9 Å². The minimum absolute atomic E-state index is 0.328. The third-order valence-electron chi connectivity index (χ3n) is 3.25. The van der Waals surface area contributed by atoms with Crippen LogP contribution in [-0.4, -0.2) is 44.2 Å². The molecule has 1 unspecified atom stereocenters. The number of aryl methyl sites for hydroxylation is 2. The highest BCUT2D eigenvalue weighted by atomic mass is 16.5. The molecule has 0 bridgehead atoms. The number of nitrogens with one attached hydrogen (secondary N) is 1. The van der Waals surface area contributed by atoms with Crippen LogP contribution in [-0.2, 0) is 9.47 Å². The molecule has 0 radical (unpaired) electrons. The van der Waals surface area contributed by atoms with Gasteiger partial charge in [0.15, 0.2) is 0 Å². The van der Waals surface area contributed by atoms with Crippen molar-refractivity contribution >= 4 is 5.69 Å². The third-order valence-corrected chi connectivity index (χ3v) is 3.25. The Morgan fingerprint density at radius 1 is 1.14 bits per heavy atom. The molecule has 0 aliphatic carbocycles. The van der Waals surface area contributed by atoms with E-state index in [0.717, 1.165) is 25.1 Å². The summed E-state index contributed by atoms with van der Waals surface area (Å²) in [6.45, 7) is 8.98. The second kappa shape index (κ2) is 10.6. The van der Waals surface area contributed by atoms with Gasteiger partial charge in [0.05, 0.1) is 25.9 Å². The van der Waals surface area contributed by atoms with Crippen molar-refractivity contribution in [2.75, 3.05) is 38.3 Å². The van der Waals surface area contributed by atoms with Gasteiger partial charge in [-0.2, -0.15) is 0 Å². The quantitative estimate of drug-likeness (QED) is 0.616. The molecule has 1 aromatic carbocycles. The van der Waals surface area contributed by atoms with Crippen molar-refractivity contribution < 1.29 is 14.6 Å². The van der Waals surface area contributed by atoms with Gasteiger partial charge in [0.2, 0.25) is 0 Å². The van der Waals surface area contributed by atoms with Crippen LogP contribution in [0.4, 0.5) is 5.69 Å². The van der Waals surface area contributed by atoms with Crippen molar-refractivity contribution in [3.63, 3.8) is 0 Å². The minimum atomic E-state index is -0.513. The van der Waals surface area contributed by atoms with Crippen LogP contribution in [0.15, 0.2) is 18.2 Å². The summed E-state index contributed by atoms with van der Waals surface area (Å²) in [5.74, 6) is 0. The minimum Gasteiger partial charge on any atom is -0.389 e. The van der Waals surface area contributed by atoms with Gasteiger partial charge in [-0.1, -0.05) is 25.5 Å². The number of anilines is 1. The molecule has 0 aromatic heterocycles. The first kappa shape index (κ1) is 18.0. The number of aliphatic hydroxyl groups excluding tert-OH is 1. The summed E-state index contributed by atoms with van der Waals surface area (Å²) < 4.78 is 10.8. The monoisotopic (exact) mass is 295 g/mol. The van der Waals surface area contributed by atoms with Gasteiger partial charge in [0, 0.05) is 18.8 Å². The summed E-state index contributed by atoms with van der Waals surface area (Å²) in [5, 5.41) is 13.1.